The number of hydrogen-bond donors (Lipinski definition) is 1. The predicted octanol–water partition coefficient (Wildman–Crippen LogP) is 0.591. The summed E-state index contributed by atoms with van der Waals surface area (Å²) in [6, 6.07) is 0. The third kappa shape index (κ3) is 0.950. The summed E-state index contributed by atoms with van der Waals surface area (Å²) in [6.45, 7) is 3.05. The summed E-state index contributed by atoms with van der Waals surface area (Å²) < 4.78 is 3.49. The lowest BCUT2D eigenvalue weighted by atomic mass is 10.4. The largest absolute Gasteiger partial charge is 0.321 e. The van der Waals surface area contributed by atoms with E-state index in [4.69, 9.17) is 0 Å². The molecule has 0 saturated carbocycles. The van der Waals surface area contributed by atoms with Gasteiger partial charge in [0.1, 0.15) is 5.82 Å². The maximum absolute atomic E-state index is 4.25. The number of hydrogen-bond acceptors (Lipinski definition) is 2. The zero-order chi connectivity index (χ0) is 6.97. The van der Waals surface area contributed by atoms with Crippen molar-refractivity contribution in [2.45, 2.75) is 13.1 Å². The maximum Gasteiger partial charge on any atom is 0.123 e. The molecule has 0 fully saturated rings. The van der Waals surface area contributed by atoms with E-state index in [1.54, 1.807) is 0 Å². The molecule has 4 heteroatoms. The van der Waals surface area contributed by atoms with Gasteiger partial charge in [0.15, 0.2) is 0 Å². The molecule has 0 unspecified atom stereocenters. The molecule has 3 nitrogen and oxygen atoms in total. The number of nitrogens with zero attached hydrogens (tertiary/aromatic N) is 2. The summed E-state index contributed by atoms with van der Waals surface area (Å²) in [5, 5.41) is 3.27. The van der Waals surface area contributed by atoms with Crippen LogP contribution in [0.2, 0.25) is 0 Å². The molecule has 0 aromatic carbocycles. The average Bonchev–Trinajstić information content (AvgIpc) is 2.34. The van der Waals surface area contributed by atoms with Crippen molar-refractivity contribution in [1.82, 2.24) is 14.9 Å². The highest BCUT2D eigenvalue weighted by Crippen LogP contribution is 2.09. The Hall–Kier alpha value is -0.100. The Balaban J connectivity index is 2.45. The molecular weight excluding hydrogens is 241 g/mol. The number of nitrogens with one attached hydrogen (secondary N) is 1. The lowest BCUT2D eigenvalue weighted by Crippen LogP contribution is -2.28. The molecule has 2 rings (SSSR count). The lowest BCUT2D eigenvalue weighted by molar-refractivity contribution is 0.499. The maximum atomic E-state index is 4.25. The SMILES string of the molecule is Ic1cnc2n1CCNC2. The van der Waals surface area contributed by atoms with E-state index >= 15 is 0 Å². The zero-order valence-corrected chi connectivity index (χ0v) is 7.63. The van der Waals surface area contributed by atoms with Crippen LogP contribution < -0.4 is 5.32 Å². The van der Waals surface area contributed by atoms with Gasteiger partial charge in [-0.2, -0.15) is 0 Å². The summed E-state index contributed by atoms with van der Waals surface area (Å²) in [4.78, 5) is 4.25. The third-order valence-electron chi connectivity index (χ3n) is 1.68. The van der Waals surface area contributed by atoms with Crippen LogP contribution in [-0.4, -0.2) is 16.1 Å². The molecule has 0 amide bonds. The van der Waals surface area contributed by atoms with Crippen LogP contribution in [0, 0.1) is 3.70 Å². The van der Waals surface area contributed by atoms with Crippen molar-refractivity contribution < 1.29 is 0 Å². The molecule has 0 radical (unpaired) electrons. The molecule has 2 heterocycles. The highest BCUT2D eigenvalue weighted by Gasteiger charge is 2.10. The molecular formula is C6H8IN3. The molecule has 54 valence electrons. The van der Waals surface area contributed by atoms with E-state index in [0.717, 1.165) is 25.5 Å². The van der Waals surface area contributed by atoms with Gasteiger partial charge in [-0.1, -0.05) is 0 Å². The summed E-state index contributed by atoms with van der Waals surface area (Å²) in [7, 11) is 0. The van der Waals surface area contributed by atoms with Gasteiger partial charge < -0.3 is 9.88 Å². The molecule has 1 aliphatic rings. The lowest BCUT2D eigenvalue weighted by Gasteiger charge is -2.15. The standard InChI is InChI=1S/C6H8IN3/c7-5-3-9-6-4-8-1-2-10(5)6/h3,8H,1-2,4H2. The Morgan fingerprint density at radius 3 is 3.40 bits per heavy atom. The van der Waals surface area contributed by atoms with Crippen LogP contribution in [0.3, 0.4) is 0 Å². The summed E-state index contributed by atoms with van der Waals surface area (Å²) in [5.41, 5.74) is 0. The number of halogens is 1. The van der Waals surface area contributed by atoms with E-state index in [1.807, 2.05) is 6.20 Å². The van der Waals surface area contributed by atoms with Crippen molar-refractivity contribution in [1.29, 1.82) is 0 Å². The highest BCUT2D eigenvalue weighted by atomic mass is 127. The molecule has 1 aromatic rings. The minimum absolute atomic E-state index is 0.920. The van der Waals surface area contributed by atoms with E-state index in [2.05, 4.69) is 37.5 Å². The molecule has 1 N–H and O–H groups in total. The molecule has 0 atom stereocenters. The van der Waals surface area contributed by atoms with Gasteiger partial charge >= 0.3 is 0 Å². The molecule has 0 aliphatic carbocycles. The van der Waals surface area contributed by atoms with E-state index in [9.17, 15) is 0 Å². The average molecular weight is 249 g/mol. The molecule has 1 aromatic heterocycles. The van der Waals surface area contributed by atoms with E-state index in [1.165, 1.54) is 3.70 Å². The van der Waals surface area contributed by atoms with Gasteiger partial charge in [0.05, 0.1) is 16.4 Å². The second kappa shape index (κ2) is 2.50. The van der Waals surface area contributed by atoms with Crippen molar-refractivity contribution in [3.63, 3.8) is 0 Å². The van der Waals surface area contributed by atoms with Crippen LogP contribution >= 0.6 is 22.6 Å². The van der Waals surface area contributed by atoms with Crippen molar-refractivity contribution in [2.75, 3.05) is 6.54 Å². The second-order valence-corrected chi connectivity index (χ2v) is 3.43. The predicted molar refractivity (Wildman–Crippen MR) is 46.7 cm³/mol. The number of fused-ring (bicyclic) bond motifs is 1. The molecule has 10 heavy (non-hydrogen) atoms. The Morgan fingerprint density at radius 2 is 2.60 bits per heavy atom. The van der Waals surface area contributed by atoms with E-state index in [-0.39, 0.29) is 0 Å². The highest BCUT2D eigenvalue weighted by molar-refractivity contribution is 14.1. The quantitative estimate of drug-likeness (QED) is 0.682. The van der Waals surface area contributed by atoms with Crippen LogP contribution in [0.15, 0.2) is 6.20 Å². The topological polar surface area (TPSA) is 29.9 Å². The first-order valence-electron chi connectivity index (χ1n) is 3.28. The molecule has 0 bridgehead atoms. The first kappa shape index (κ1) is 6.60. The van der Waals surface area contributed by atoms with E-state index < -0.39 is 0 Å². The summed E-state index contributed by atoms with van der Waals surface area (Å²) in [5.74, 6) is 1.16. The van der Waals surface area contributed by atoms with Crippen LogP contribution in [0.4, 0.5) is 0 Å². The fourth-order valence-corrected chi connectivity index (χ4v) is 1.82. The first-order chi connectivity index (χ1) is 4.88. The van der Waals surface area contributed by atoms with Gasteiger partial charge in [0.25, 0.3) is 0 Å². The summed E-state index contributed by atoms with van der Waals surface area (Å²) >= 11 is 2.31. The monoisotopic (exact) mass is 249 g/mol. The minimum Gasteiger partial charge on any atom is -0.321 e. The van der Waals surface area contributed by atoms with Gasteiger partial charge in [-0.15, -0.1) is 0 Å². The van der Waals surface area contributed by atoms with Crippen molar-refractivity contribution in [2.24, 2.45) is 0 Å². The Bertz CT molecular complexity index is 243. The third-order valence-corrected chi connectivity index (χ3v) is 2.55. The fourth-order valence-electron chi connectivity index (χ4n) is 1.16. The van der Waals surface area contributed by atoms with Crippen molar-refractivity contribution in [3.8, 4) is 0 Å². The van der Waals surface area contributed by atoms with Crippen LogP contribution in [0.5, 0.6) is 0 Å². The van der Waals surface area contributed by atoms with Crippen LogP contribution in [-0.2, 0) is 13.1 Å². The van der Waals surface area contributed by atoms with Gasteiger partial charge in [0, 0.05) is 13.1 Å². The Kier molecular flexibility index (Phi) is 1.65. The molecule has 0 saturated heterocycles. The van der Waals surface area contributed by atoms with E-state index in [0.29, 0.717) is 0 Å². The number of rotatable bonds is 0. The summed E-state index contributed by atoms with van der Waals surface area (Å²) in [6.07, 6.45) is 1.92. The van der Waals surface area contributed by atoms with Gasteiger partial charge in [-0.25, -0.2) is 4.98 Å². The van der Waals surface area contributed by atoms with Crippen molar-refractivity contribution >= 4 is 22.6 Å². The Labute approximate surface area is 73.0 Å². The number of imidazole rings is 1. The van der Waals surface area contributed by atoms with Crippen molar-refractivity contribution in [3.05, 3.63) is 15.7 Å². The molecule has 0 spiro atoms. The van der Waals surface area contributed by atoms with Gasteiger partial charge in [0.2, 0.25) is 0 Å². The first-order valence-corrected chi connectivity index (χ1v) is 4.36. The molecule has 1 aliphatic heterocycles. The Morgan fingerprint density at radius 1 is 1.70 bits per heavy atom. The minimum atomic E-state index is 0.920. The normalized spacial score (nSPS) is 16.9. The van der Waals surface area contributed by atoms with Gasteiger partial charge in [-0.05, 0) is 22.6 Å². The zero-order valence-electron chi connectivity index (χ0n) is 5.47. The number of aromatic nitrogens is 2. The smallest absolute Gasteiger partial charge is 0.123 e. The van der Waals surface area contributed by atoms with Crippen LogP contribution in [0.1, 0.15) is 5.82 Å². The fraction of sp³-hybridized carbons (Fsp3) is 0.500. The van der Waals surface area contributed by atoms with Gasteiger partial charge in [-0.3, -0.25) is 0 Å². The van der Waals surface area contributed by atoms with Crippen LogP contribution in [0.25, 0.3) is 0 Å². The second-order valence-electron chi connectivity index (χ2n) is 2.33.